The third-order valence-corrected chi connectivity index (χ3v) is 3.20. The van der Waals surface area contributed by atoms with Crippen molar-refractivity contribution in [3.63, 3.8) is 0 Å². The first-order chi connectivity index (χ1) is 9.69. The molecule has 4 nitrogen and oxygen atoms in total. The van der Waals surface area contributed by atoms with Gasteiger partial charge in [-0.25, -0.2) is 0 Å². The van der Waals surface area contributed by atoms with Crippen LogP contribution in [0.5, 0.6) is 11.5 Å². The SMILES string of the molecule is COc1ccc(NC2CCCOCC2)cc1OC(F)F. The molecule has 1 unspecified atom stereocenters. The minimum absolute atomic E-state index is 0.0392. The summed E-state index contributed by atoms with van der Waals surface area (Å²) in [4.78, 5) is 0. The smallest absolute Gasteiger partial charge is 0.387 e. The summed E-state index contributed by atoms with van der Waals surface area (Å²) < 4.78 is 39.6. The predicted molar refractivity (Wildman–Crippen MR) is 71.7 cm³/mol. The Bertz CT molecular complexity index is 421. The fourth-order valence-electron chi connectivity index (χ4n) is 2.24. The fraction of sp³-hybridized carbons (Fsp3) is 0.571. The first kappa shape index (κ1) is 14.8. The normalized spacial score (nSPS) is 19.5. The highest BCUT2D eigenvalue weighted by Crippen LogP contribution is 2.32. The van der Waals surface area contributed by atoms with Crippen molar-refractivity contribution < 1.29 is 23.0 Å². The standard InChI is InChI=1S/C14H19F2NO3/c1-18-12-5-4-11(9-13(12)20-14(15)16)17-10-3-2-7-19-8-6-10/h4-5,9-10,14,17H,2-3,6-8H2,1H3. The molecule has 112 valence electrons. The lowest BCUT2D eigenvalue weighted by molar-refractivity contribution is -0.0511. The lowest BCUT2D eigenvalue weighted by atomic mass is 10.1. The molecule has 6 heteroatoms. The zero-order valence-corrected chi connectivity index (χ0v) is 11.4. The van der Waals surface area contributed by atoms with Gasteiger partial charge in [-0.3, -0.25) is 0 Å². The molecule has 20 heavy (non-hydrogen) atoms. The molecule has 1 fully saturated rings. The number of methoxy groups -OCH3 is 1. The van der Waals surface area contributed by atoms with Gasteiger partial charge in [0, 0.05) is 31.0 Å². The Morgan fingerprint density at radius 3 is 2.85 bits per heavy atom. The minimum Gasteiger partial charge on any atom is -0.493 e. The van der Waals surface area contributed by atoms with E-state index in [9.17, 15) is 8.78 Å². The van der Waals surface area contributed by atoms with E-state index in [2.05, 4.69) is 10.1 Å². The molecule has 1 aliphatic rings. The maximum Gasteiger partial charge on any atom is 0.387 e. The second kappa shape index (κ2) is 7.28. The molecule has 0 amide bonds. The van der Waals surface area contributed by atoms with E-state index in [1.165, 1.54) is 13.2 Å². The Balaban J connectivity index is 2.07. The molecule has 0 saturated carbocycles. The maximum atomic E-state index is 12.4. The van der Waals surface area contributed by atoms with E-state index in [0.717, 1.165) is 31.6 Å². The molecule has 1 atom stereocenters. The van der Waals surface area contributed by atoms with E-state index in [1.807, 2.05) is 0 Å². The van der Waals surface area contributed by atoms with Crippen LogP contribution in [-0.2, 0) is 4.74 Å². The zero-order valence-electron chi connectivity index (χ0n) is 11.4. The van der Waals surface area contributed by atoms with Crippen molar-refractivity contribution in [2.24, 2.45) is 0 Å². The molecule has 2 rings (SSSR count). The Morgan fingerprint density at radius 2 is 2.10 bits per heavy atom. The van der Waals surface area contributed by atoms with Gasteiger partial charge in [0.25, 0.3) is 0 Å². The number of anilines is 1. The van der Waals surface area contributed by atoms with E-state index in [1.54, 1.807) is 12.1 Å². The van der Waals surface area contributed by atoms with Crippen molar-refractivity contribution in [2.45, 2.75) is 31.9 Å². The second-order valence-electron chi connectivity index (χ2n) is 4.63. The molecule has 0 radical (unpaired) electrons. The van der Waals surface area contributed by atoms with Crippen LogP contribution in [0.2, 0.25) is 0 Å². The summed E-state index contributed by atoms with van der Waals surface area (Å²) >= 11 is 0. The van der Waals surface area contributed by atoms with Crippen molar-refractivity contribution in [1.82, 2.24) is 0 Å². The summed E-state index contributed by atoms with van der Waals surface area (Å²) in [5, 5.41) is 3.33. The summed E-state index contributed by atoms with van der Waals surface area (Å²) in [5.74, 6) is 0.331. The van der Waals surface area contributed by atoms with E-state index in [-0.39, 0.29) is 11.8 Å². The van der Waals surface area contributed by atoms with E-state index < -0.39 is 6.61 Å². The topological polar surface area (TPSA) is 39.7 Å². The second-order valence-corrected chi connectivity index (χ2v) is 4.63. The van der Waals surface area contributed by atoms with Crippen molar-refractivity contribution >= 4 is 5.69 Å². The van der Waals surface area contributed by atoms with E-state index in [4.69, 9.17) is 9.47 Å². The molecular weight excluding hydrogens is 268 g/mol. The zero-order chi connectivity index (χ0) is 14.4. The molecule has 0 bridgehead atoms. The van der Waals surface area contributed by atoms with Crippen LogP contribution in [-0.4, -0.2) is 33.0 Å². The van der Waals surface area contributed by atoms with Gasteiger partial charge in [0.05, 0.1) is 7.11 Å². The van der Waals surface area contributed by atoms with Crippen LogP contribution in [0.1, 0.15) is 19.3 Å². The van der Waals surface area contributed by atoms with Crippen LogP contribution in [0.4, 0.5) is 14.5 Å². The highest BCUT2D eigenvalue weighted by Gasteiger charge is 2.15. The summed E-state index contributed by atoms with van der Waals surface area (Å²) in [6, 6.07) is 5.23. The van der Waals surface area contributed by atoms with Crippen LogP contribution >= 0.6 is 0 Å². The van der Waals surface area contributed by atoms with Crippen LogP contribution in [0.25, 0.3) is 0 Å². The number of nitrogens with one attached hydrogen (secondary N) is 1. The molecule has 1 aromatic carbocycles. The number of halogens is 2. The summed E-state index contributed by atoms with van der Waals surface area (Å²) in [6.45, 7) is -1.38. The molecule has 1 N–H and O–H groups in total. The monoisotopic (exact) mass is 287 g/mol. The quantitative estimate of drug-likeness (QED) is 0.902. The molecule has 0 spiro atoms. The Morgan fingerprint density at radius 1 is 1.25 bits per heavy atom. The number of alkyl halides is 2. The van der Waals surface area contributed by atoms with Crippen molar-refractivity contribution in [1.29, 1.82) is 0 Å². The van der Waals surface area contributed by atoms with Gasteiger partial charge in [-0.1, -0.05) is 0 Å². The highest BCUT2D eigenvalue weighted by atomic mass is 19.3. The third-order valence-electron chi connectivity index (χ3n) is 3.20. The molecule has 1 aliphatic heterocycles. The lowest BCUT2D eigenvalue weighted by Crippen LogP contribution is -2.19. The van der Waals surface area contributed by atoms with Crippen LogP contribution in [0.15, 0.2) is 18.2 Å². The number of rotatable bonds is 5. The molecule has 0 aromatic heterocycles. The van der Waals surface area contributed by atoms with Crippen molar-refractivity contribution in [3.8, 4) is 11.5 Å². The summed E-state index contributed by atoms with van der Waals surface area (Å²) in [6.07, 6.45) is 2.89. The first-order valence-corrected chi connectivity index (χ1v) is 6.66. The van der Waals surface area contributed by atoms with Gasteiger partial charge in [0.15, 0.2) is 11.5 Å². The van der Waals surface area contributed by atoms with Crippen molar-refractivity contribution in [3.05, 3.63) is 18.2 Å². The van der Waals surface area contributed by atoms with Crippen LogP contribution in [0.3, 0.4) is 0 Å². The van der Waals surface area contributed by atoms with E-state index >= 15 is 0 Å². The van der Waals surface area contributed by atoms with Gasteiger partial charge in [0.2, 0.25) is 0 Å². The average molecular weight is 287 g/mol. The number of hydrogen-bond acceptors (Lipinski definition) is 4. The third kappa shape index (κ3) is 4.23. The minimum atomic E-state index is -2.87. The maximum absolute atomic E-state index is 12.4. The Kier molecular flexibility index (Phi) is 5.40. The van der Waals surface area contributed by atoms with E-state index in [0.29, 0.717) is 12.4 Å². The van der Waals surface area contributed by atoms with Gasteiger partial charge in [-0.05, 0) is 31.4 Å². The highest BCUT2D eigenvalue weighted by molar-refractivity contribution is 5.55. The number of ether oxygens (including phenoxy) is 3. The molecule has 1 aromatic rings. The van der Waals surface area contributed by atoms with Crippen LogP contribution < -0.4 is 14.8 Å². The Hall–Kier alpha value is -1.56. The summed E-state index contributed by atoms with van der Waals surface area (Å²) in [5.41, 5.74) is 0.744. The predicted octanol–water partition coefficient (Wildman–Crippen LogP) is 3.28. The Labute approximate surface area is 117 Å². The van der Waals surface area contributed by atoms with Gasteiger partial charge in [-0.15, -0.1) is 0 Å². The first-order valence-electron chi connectivity index (χ1n) is 6.66. The fourth-order valence-corrected chi connectivity index (χ4v) is 2.24. The summed E-state index contributed by atoms with van der Waals surface area (Å²) in [7, 11) is 1.42. The number of hydrogen-bond donors (Lipinski definition) is 1. The molecule has 0 aliphatic carbocycles. The van der Waals surface area contributed by atoms with Gasteiger partial charge in [0.1, 0.15) is 0 Å². The number of benzene rings is 1. The van der Waals surface area contributed by atoms with Crippen molar-refractivity contribution in [2.75, 3.05) is 25.6 Å². The lowest BCUT2D eigenvalue weighted by Gasteiger charge is -2.18. The van der Waals surface area contributed by atoms with Gasteiger partial charge in [-0.2, -0.15) is 8.78 Å². The molecule has 1 saturated heterocycles. The van der Waals surface area contributed by atoms with Crippen LogP contribution in [0, 0.1) is 0 Å². The van der Waals surface area contributed by atoms with Gasteiger partial charge >= 0.3 is 6.61 Å². The molecule has 1 heterocycles. The largest absolute Gasteiger partial charge is 0.493 e. The average Bonchev–Trinajstić information content (AvgIpc) is 2.67. The molecular formula is C14H19F2NO3. The van der Waals surface area contributed by atoms with Gasteiger partial charge < -0.3 is 19.5 Å².